The summed E-state index contributed by atoms with van der Waals surface area (Å²) in [5, 5.41) is 8.88. The van der Waals surface area contributed by atoms with Crippen LogP contribution in [0.2, 0.25) is 0 Å². The topological polar surface area (TPSA) is 106 Å². The maximum Gasteiger partial charge on any atom is 0.417 e. The third kappa shape index (κ3) is 8.16. The first-order valence-electron chi connectivity index (χ1n) is 15.6. The molecule has 16 heteroatoms. The number of nitrogens with one attached hydrogen (secondary N) is 1. The molecular weight excluding hydrogens is 726 g/mol. The smallest absolute Gasteiger partial charge is 0.417 e. The highest BCUT2D eigenvalue weighted by Gasteiger charge is 2.39. The summed E-state index contributed by atoms with van der Waals surface area (Å²) in [4.78, 5) is 15.1. The lowest BCUT2D eigenvalue weighted by Crippen LogP contribution is -2.25. The zero-order valence-corrected chi connectivity index (χ0v) is 29.3. The first-order chi connectivity index (χ1) is 23.6. The van der Waals surface area contributed by atoms with Gasteiger partial charge in [0.25, 0.3) is 10.0 Å². The van der Waals surface area contributed by atoms with Crippen molar-refractivity contribution in [2.45, 2.75) is 69.8 Å². The number of ether oxygens (including phenoxy) is 1. The lowest BCUT2D eigenvalue weighted by Gasteiger charge is -2.37. The van der Waals surface area contributed by atoms with Crippen LogP contribution < -0.4 is 9.46 Å². The Kier molecular flexibility index (Phi) is 10.3. The average molecular weight is 759 g/mol. The summed E-state index contributed by atoms with van der Waals surface area (Å²) in [5.74, 6) is -2.97. The molecule has 1 aromatic heterocycles. The van der Waals surface area contributed by atoms with E-state index in [9.17, 15) is 43.9 Å². The van der Waals surface area contributed by atoms with Crippen molar-refractivity contribution < 1.29 is 53.8 Å². The molecule has 0 amide bonds. The standard InChI is InChI=1S/C35H33F7N2O5S2/c1-33(2,3)21-9-5-18(6-10-21)19-7-11-22(25(13-19)34(37,38)39)20-8-12-23(26(14-20)35(40,41)42)31-43-30(17-50-31)51(47,48)44-28-16-27(36)24(32(45)46)15-29(28)49-4/h7-8,11-18,21,44H,5-6,9-10H2,1-4H3,(H,45,46)/t18-,21+. The molecule has 0 bridgehead atoms. The number of carboxylic acid groups (broad SMARTS) is 1. The SMILES string of the molecule is COc1cc(C(=O)O)c(F)cc1NS(=O)(=O)c1csc(-c2ccc(-c3ccc([C@H]4CC[C@@H](C(C)(C)C)CC4)cc3C(F)(F)F)cc2C(F)(F)F)n1. The molecule has 0 aliphatic heterocycles. The van der Waals surface area contributed by atoms with E-state index in [2.05, 4.69) is 25.8 Å². The normalized spacial score (nSPS) is 17.3. The molecule has 2 N–H and O–H groups in total. The number of carboxylic acids is 1. The third-order valence-electron chi connectivity index (χ3n) is 9.16. The first kappa shape index (κ1) is 38.1. The molecule has 1 heterocycles. The highest BCUT2D eigenvalue weighted by atomic mass is 32.2. The molecule has 3 aromatic carbocycles. The number of halogens is 7. The van der Waals surface area contributed by atoms with Crippen molar-refractivity contribution in [3.8, 4) is 27.4 Å². The maximum atomic E-state index is 14.5. The van der Waals surface area contributed by atoms with Crippen LogP contribution in [0.1, 0.15) is 79.4 Å². The second-order valence-electron chi connectivity index (χ2n) is 13.4. The maximum absolute atomic E-state index is 14.5. The number of methoxy groups -OCH3 is 1. The van der Waals surface area contributed by atoms with Gasteiger partial charge in [-0.05, 0) is 77.8 Å². The number of thiazole rings is 1. The Bertz CT molecular complexity index is 2060. The Morgan fingerprint density at radius 1 is 0.902 bits per heavy atom. The Labute approximate surface area is 293 Å². The van der Waals surface area contributed by atoms with Crippen molar-refractivity contribution in [2.24, 2.45) is 11.3 Å². The Balaban J connectivity index is 1.49. The van der Waals surface area contributed by atoms with E-state index >= 15 is 0 Å². The highest BCUT2D eigenvalue weighted by Crippen LogP contribution is 2.47. The van der Waals surface area contributed by atoms with Crippen molar-refractivity contribution >= 4 is 33.0 Å². The van der Waals surface area contributed by atoms with Gasteiger partial charge in [-0.3, -0.25) is 4.72 Å². The van der Waals surface area contributed by atoms with Gasteiger partial charge in [0, 0.05) is 17.0 Å². The van der Waals surface area contributed by atoms with Crippen LogP contribution in [0.4, 0.5) is 36.4 Å². The summed E-state index contributed by atoms with van der Waals surface area (Å²) in [6.07, 6.45) is -6.82. The summed E-state index contributed by atoms with van der Waals surface area (Å²) in [7, 11) is -3.61. The van der Waals surface area contributed by atoms with Gasteiger partial charge in [0.2, 0.25) is 0 Å². The molecule has 0 atom stereocenters. The molecule has 1 aliphatic rings. The highest BCUT2D eigenvalue weighted by molar-refractivity contribution is 7.92. The molecule has 0 saturated heterocycles. The van der Waals surface area contributed by atoms with Crippen LogP contribution in [-0.4, -0.2) is 31.6 Å². The van der Waals surface area contributed by atoms with E-state index in [1.165, 1.54) is 12.1 Å². The number of hydrogen-bond donors (Lipinski definition) is 2. The number of alkyl halides is 6. The minimum Gasteiger partial charge on any atom is -0.495 e. The van der Waals surface area contributed by atoms with E-state index in [0.717, 1.165) is 49.6 Å². The molecule has 0 unspecified atom stereocenters. The van der Waals surface area contributed by atoms with Gasteiger partial charge in [0.1, 0.15) is 16.6 Å². The molecule has 7 nitrogen and oxygen atoms in total. The van der Waals surface area contributed by atoms with Crippen LogP contribution in [0.25, 0.3) is 21.7 Å². The van der Waals surface area contributed by atoms with Gasteiger partial charge in [-0.2, -0.15) is 34.8 Å². The fraction of sp³-hybridized carbons (Fsp3) is 0.371. The van der Waals surface area contributed by atoms with Crippen LogP contribution in [0.15, 0.2) is 58.9 Å². The van der Waals surface area contributed by atoms with Crippen LogP contribution in [0.5, 0.6) is 5.75 Å². The number of aromatic carboxylic acids is 1. The predicted molar refractivity (Wildman–Crippen MR) is 178 cm³/mol. The second kappa shape index (κ2) is 13.7. The summed E-state index contributed by atoms with van der Waals surface area (Å²) in [6, 6.07) is 7.68. The van der Waals surface area contributed by atoms with Crippen molar-refractivity contribution in [3.63, 3.8) is 0 Å². The van der Waals surface area contributed by atoms with Crippen molar-refractivity contribution in [2.75, 3.05) is 11.8 Å². The molecule has 1 fully saturated rings. The summed E-state index contributed by atoms with van der Waals surface area (Å²) in [6.45, 7) is 6.40. The van der Waals surface area contributed by atoms with Crippen molar-refractivity contribution in [1.82, 2.24) is 4.98 Å². The quantitative estimate of drug-likeness (QED) is 0.173. The van der Waals surface area contributed by atoms with Gasteiger partial charge in [-0.25, -0.2) is 14.2 Å². The summed E-state index contributed by atoms with van der Waals surface area (Å²) >= 11 is 0.525. The molecule has 51 heavy (non-hydrogen) atoms. The van der Waals surface area contributed by atoms with E-state index in [-0.39, 0.29) is 22.6 Å². The lowest BCUT2D eigenvalue weighted by atomic mass is 9.68. The average Bonchev–Trinajstić information content (AvgIpc) is 3.54. The molecular formula is C35H33F7N2O5S2. The van der Waals surface area contributed by atoms with Crippen LogP contribution in [0.3, 0.4) is 0 Å². The molecule has 4 aromatic rings. The van der Waals surface area contributed by atoms with E-state index < -0.39 is 77.7 Å². The Morgan fingerprint density at radius 3 is 2.08 bits per heavy atom. The minimum atomic E-state index is -5.07. The molecule has 0 radical (unpaired) electrons. The number of benzene rings is 3. The summed E-state index contributed by atoms with van der Waals surface area (Å²) < 4.78 is 134. The van der Waals surface area contributed by atoms with Gasteiger partial charge >= 0.3 is 18.3 Å². The Morgan fingerprint density at radius 2 is 1.51 bits per heavy atom. The van der Waals surface area contributed by atoms with E-state index in [1.807, 2.05) is 4.72 Å². The third-order valence-corrected chi connectivity index (χ3v) is 11.4. The van der Waals surface area contributed by atoms with Crippen LogP contribution in [0, 0.1) is 17.2 Å². The van der Waals surface area contributed by atoms with Gasteiger partial charge < -0.3 is 9.84 Å². The number of anilines is 1. The Hall–Kier alpha value is -4.18. The summed E-state index contributed by atoms with van der Waals surface area (Å²) in [5.41, 5.74) is -4.49. The number of hydrogen-bond acceptors (Lipinski definition) is 6. The monoisotopic (exact) mass is 758 g/mol. The van der Waals surface area contributed by atoms with Gasteiger partial charge in [-0.1, -0.05) is 45.0 Å². The van der Waals surface area contributed by atoms with E-state index in [1.54, 1.807) is 0 Å². The van der Waals surface area contributed by atoms with E-state index in [0.29, 0.717) is 47.8 Å². The zero-order chi connectivity index (χ0) is 37.7. The van der Waals surface area contributed by atoms with Gasteiger partial charge in [0.05, 0.1) is 29.5 Å². The number of rotatable bonds is 8. The molecule has 5 rings (SSSR count). The number of carbonyl (C=O) groups is 1. The van der Waals surface area contributed by atoms with Crippen molar-refractivity contribution in [1.29, 1.82) is 0 Å². The minimum absolute atomic E-state index is 0.0756. The van der Waals surface area contributed by atoms with Crippen LogP contribution in [-0.2, 0) is 22.4 Å². The number of aromatic nitrogens is 1. The van der Waals surface area contributed by atoms with Crippen LogP contribution >= 0.6 is 11.3 Å². The first-order valence-corrected chi connectivity index (χ1v) is 18.0. The van der Waals surface area contributed by atoms with Crippen molar-refractivity contribution in [3.05, 3.63) is 82.0 Å². The fourth-order valence-electron chi connectivity index (χ4n) is 6.40. The number of nitrogens with zero attached hydrogens (tertiary/aromatic N) is 1. The molecule has 274 valence electrons. The van der Waals surface area contributed by atoms with E-state index in [4.69, 9.17) is 9.84 Å². The second-order valence-corrected chi connectivity index (χ2v) is 15.9. The lowest BCUT2D eigenvalue weighted by molar-refractivity contribution is -0.137. The van der Waals surface area contributed by atoms with Gasteiger partial charge in [0.15, 0.2) is 5.03 Å². The predicted octanol–water partition coefficient (Wildman–Crippen LogP) is 10.5. The molecule has 1 saturated carbocycles. The molecule has 1 aliphatic carbocycles. The largest absolute Gasteiger partial charge is 0.495 e. The fourth-order valence-corrected chi connectivity index (χ4v) is 8.59. The van der Waals surface area contributed by atoms with Gasteiger partial charge in [-0.15, -0.1) is 11.3 Å². The zero-order valence-electron chi connectivity index (χ0n) is 27.7. The number of sulfonamides is 1. The molecule has 0 spiro atoms.